The normalized spacial score (nSPS) is 11.1. The third-order valence-corrected chi connectivity index (χ3v) is 4.66. The molecule has 5 nitrogen and oxygen atoms in total. The number of carbonyl (C=O) groups is 2. The summed E-state index contributed by atoms with van der Waals surface area (Å²) in [4.78, 5) is 31.6. The number of aryl methyl sites for hydroxylation is 1. The molecule has 0 saturated carbocycles. The number of anilines is 1. The Hall–Kier alpha value is -2.47. The van der Waals surface area contributed by atoms with Crippen molar-refractivity contribution in [2.24, 2.45) is 0 Å². The van der Waals surface area contributed by atoms with Crippen LogP contribution in [0.4, 0.5) is 5.13 Å². The van der Waals surface area contributed by atoms with Gasteiger partial charge in [-0.05, 0) is 30.0 Å². The Labute approximate surface area is 158 Å². The molecule has 138 valence electrons. The molecule has 0 aliphatic rings. The van der Waals surface area contributed by atoms with Gasteiger partial charge in [0.2, 0.25) is 5.91 Å². The fourth-order valence-corrected chi connectivity index (χ4v) is 3.10. The molecule has 0 unspecified atom stereocenters. The van der Waals surface area contributed by atoms with Gasteiger partial charge in [-0.2, -0.15) is 0 Å². The minimum Gasteiger partial charge on any atom is -0.326 e. The van der Waals surface area contributed by atoms with E-state index in [1.54, 1.807) is 24.4 Å². The number of rotatable bonds is 6. The fraction of sp³-hybridized carbons (Fsp3) is 0.350. The lowest BCUT2D eigenvalue weighted by Crippen LogP contribution is -2.38. The maximum Gasteiger partial charge on any atom is 0.254 e. The maximum atomic E-state index is 12.8. The Morgan fingerprint density at radius 1 is 1.27 bits per heavy atom. The zero-order chi connectivity index (χ0) is 19.3. The zero-order valence-electron chi connectivity index (χ0n) is 15.7. The number of benzene rings is 1. The van der Waals surface area contributed by atoms with Gasteiger partial charge in [0.25, 0.3) is 5.91 Å². The van der Waals surface area contributed by atoms with Gasteiger partial charge in [0.1, 0.15) is 6.54 Å². The highest BCUT2D eigenvalue weighted by Gasteiger charge is 2.20. The van der Waals surface area contributed by atoms with Crippen LogP contribution in [0.2, 0.25) is 0 Å². The predicted molar refractivity (Wildman–Crippen MR) is 107 cm³/mol. The van der Waals surface area contributed by atoms with Crippen molar-refractivity contribution < 1.29 is 9.59 Å². The molecule has 0 saturated heterocycles. The zero-order valence-corrected chi connectivity index (χ0v) is 16.5. The largest absolute Gasteiger partial charge is 0.326 e. The Bertz CT molecular complexity index is 788. The fourth-order valence-electron chi connectivity index (χ4n) is 2.42. The SMILES string of the molecule is C=CCN(CC(=O)Nc1ncc(C)s1)C(=O)c1ccc(C(C)(C)C)cc1. The van der Waals surface area contributed by atoms with Gasteiger partial charge in [-0.3, -0.25) is 9.59 Å². The maximum absolute atomic E-state index is 12.8. The molecule has 2 amide bonds. The van der Waals surface area contributed by atoms with Crippen LogP contribution in [0.3, 0.4) is 0 Å². The summed E-state index contributed by atoms with van der Waals surface area (Å²) in [6, 6.07) is 7.53. The number of aromatic nitrogens is 1. The van der Waals surface area contributed by atoms with Crippen LogP contribution in [-0.2, 0) is 10.2 Å². The number of carbonyl (C=O) groups excluding carboxylic acids is 2. The average molecular weight is 372 g/mol. The second kappa shape index (κ2) is 8.27. The van der Waals surface area contributed by atoms with Crippen molar-refractivity contribution in [3.63, 3.8) is 0 Å². The number of amides is 2. The number of hydrogen-bond acceptors (Lipinski definition) is 4. The predicted octanol–water partition coefficient (Wildman–Crippen LogP) is 4.02. The van der Waals surface area contributed by atoms with Crippen molar-refractivity contribution in [1.29, 1.82) is 0 Å². The van der Waals surface area contributed by atoms with Crippen LogP contribution in [0.5, 0.6) is 0 Å². The molecule has 0 fully saturated rings. The van der Waals surface area contributed by atoms with Crippen LogP contribution < -0.4 is 5.32 Å². The van der Waals surface area contributed by atoms with E-state index < -0.39 is 0 Å². The van der Waals surface area contributed by atoms with Gasteiger partial charge in [-0.1, -0.05) is 39.0 Å². The molecule has 2 aromatic rings. The van der Waals surface area contributed by atoms with Crippen molar-refractivity contribution >= 4 is 28.3 Å². The minimum atomic E-state index is -0.277. The van der Waals surface area contributed by atoms with Crippen LogP contribution in [0.1, 0.15) is 41.6 Å². The number of hydrogen-bond donors (Lipinski definition) is 1. The van der Waals surface area contributed by atoms with Crippen LogP contribution in [0.25, 0.3) is 0 Å². The standard InChI is InChI=1S/C20H25N3O2S/c1-6-11-23(13-17(24)22-19-21-12-14(2)26-19)18(25)15-7-9-16(10-8-15)20(3,4)5/h6-10,12H,1,11,13H2,2-5H3,(H,21,22,24). The summed E-state index contributed by atoms with van der Waals surface area (Å²) in [5.74, 6) is -0.475. The van der Waals surface area contributed by atoms with Crippen molar-refractivity contribution in [3.8, 4) is 0 Å². The molecule has 1 heterocycles. The topological polar surface area (TPSA) is 62.3 Å². The monoisotopic (exact) mass is 371 g/mol. The summed E-state index contributed by atoms with van der Waals surface area (Å²) in [6.45, 7) is 12.2. The van der Waals surface area contributed by atoms with E-state index in [2.05, 4.69) is 37.7 Å². The first kappa shape index (κ1) is 19.8. The van der Waals surface area contributed by atoms with Crippen molar-refractivity contribution in [3.05, 3.63) is 59.1 Å². The lowest BCUT2D eigenvalue weighted by molar-refractivity contribution is -0.116. The molecular formula is C20H25N3O2S. The molecule has 0 radical (unpaired) electrons. The molecule has 26 heavy (non-hydrogen) atoms. The smallest absolute Gasteiger partial charge is 0.254 e. The second-order valence-corrected chi connectivity index (χ2v) is 8.36. The van der Waals surface area contributed by atoms with Gasteiger partial charge in [0.05, 0.1) is 0 Å². The molecule has 0 aliphatic heterocycles. The molecular weight excluding hydrogens is 346 g/mol. The van der Waals surface area contributed by atoms with E-state index in [-0.39, 0.29) is 23.8 Å². The van der Waals surface area contributed by atoms with Gasteiger partial charge in [0, 0.05) is 23.2 Å². The second-order valence-electron chi connectivity index (χ2n) is 7.13. The molecule has 1 N–H and O–H groups in total. The van der Waals surface area contributed by atoms with Crippen molar-refractivity contribution in [2.45, 2.75) is 33.1 Å². The molecule has 1 aromatic heterocycles. The molecule has 0 bridgehead atoms. The Kier molecular flexibility index (Phi) is 6.32. The Morgan fingerprint density at radius 3 is 2.42 bits per heavy atom. The van der Waals surface area contributed by atoms with E-state index in [1.165, 1.54) is 16.2 Å². The highest BCUT2D eigenvalue weighted by Crippen LogP contribution is 2.22. The van der Waals surface area contributed by atoms with Crippen LogP contribution in [-0.4, -0.2) is 34.8 Å². The van der Waals surface area contributed by atoms with E-state index in [1.807, 2.05) is 19.1 Å². The molecule has 1 aromatic carbocycles. The van der Waals surface area contributed by atoms with Gasteiger partial charge >= 0.3 is 0 Å². The van der Waals surface area contributed by atoms with E-state index in [0.717, 1.165) is 10.4 Å². The van der Waals surface area contributed by atoms with Crippen LogP contribution >= 0.6 is 11.3 Å². The van der Waals surface area contributed by atoms with Gasteiger partial charge < -0.3 is 10.2 Å². The first-order valence-corrected chi connectivity index (χ1v) is 9.25. The lowest BCUT2D eigenvalue weighted by Gasteiger charge is -2.22. The van der Waals surface area contributed by atoms with Gasteiger partial charge in [-0.15, -0.1) is 17.9 Å². The summed E-state index contributed by atoms with van der Waals surface area (Å²) < 4.78 is 0. The molecule has 6 heteroatoms. The Morgan fingerprint density at radius 2 is 1.92 bits per heavy atom. The van der Waals surface area contributed by atoms with Gasteiger partial charge in [-0.25, -0.2) is 4.98 Å². The van der Waals surface area contributed by atoms with E-state index >= 15 is 0 Å². The number of thiazole rings is 1. The molecule has 0 spiro atoms. The number of nitrogens with zero attached hydrogens (tertiary/aromatic N) is 2. The quantitative estimate of drug-likeness (QED) is 0.780. The average Bonchev–Trinajstić information content (AvgIpc) is 2.98. The third kappa shape index (κ3) is 5.26. The molecule has 0 aliphatic carbocycles. The van der Waals surface area contributed by atoms with Crippen molar-refractivity contribution in [1.82, 2.24) is 9.88 Å². The van der Waals surface area contributed by atoms with E-state index in [4.69, 9.17) is 0 Å². The van der Waals surface area contributed by atoms with Crippen molar-refractivity contribution in [2.75, 3.05) is 18.4 Å². The summed E-state index contributed by atoms with van der Waals surface area (Å²) in [6.07, 6.45) is 3.31. The highest BCUT2D eigenvalue weighted by molar-refractivity contribution is 7.15. The first-order valence-electron chi connectivity index (χ1n) is 8.43. The summed E-state index contributed by atoms with van der Waals surface area (Å²) >= 11 is 1.40. The molecule has 2 rings (SSSR count). The van der Waals surface area contributed by atoms with Crippen LogP contribution in [0.15, 0.2) is 43.1 Å². The first-order chi connectivity index (χ1) is 12.2. The minimum absolute atomic E-state index is 0.0219. The van der Waals surface area contributed by atoms with E-state index in [9.17, 15) is 9.59 Å². The lowest BCUT2D eigenvalue weighted by atomic mass is 9.86. The summed E-state index contributed by atoms with van der Waals surface area (Å²) in [7, 11) is 0. The Balaban J connectivity index is 2.08. The molecule has 0 atom stereocenters. The highest BCUT2D eigenvalue weighted by atomic mass is 32.1. The van der Waals surface area contributed by atoms with E-state index in [0.29, 0.717) is 17.2 Å². The number of nitrogens with one attached hydrogen (secondary N) is 1. The third-order valence-electron chi connectivity index (χ3n) is 3.84. The van der Waals surface area contributed by atoms with Gasteiger partial charge in [0.15, 0.2) is 5.13 Å². The summed E-state index contributed by atoms with van der Waals surface area (Å²) in [5, 5.41) is 3.26. The van der Waals surface area contributed by atoms with Crippen LogP contribution in [0, 0.1) is 6.92 Å². The summed E-state index contributed by atoms with van der Waals surface area (Å²) in [5.41, 5.74) is 1.73.